The standard InChI is InChI=1S/C18H26N4O/c1-5-22-16(20-14-7-6-9-19-17(14)22)13-8-10-21(12-13)15(23)11-18(2,3)4/h6-7,9,13H,5,8,10-12H2,1-4H3/t13-/m1/s1. The van der Waals surface area contributed by atoms with Gasteiger partial charge in [-0.05, 0) is 30.9 Å². The molecule has 1 atom stereocenters. The molecule has 1 aliphatic heterocycles. The van der Waals surface area contributed by atoms with E-state index in [1.165, 1.54) is 0 Å². The predicted octanol–water partition coefficient (Wildman–Crippen LogP) is 3.20. The minimum atomic E-state index is 0.0374. The summed E-state index contributed by atoms with van der Waals surface area (Å²) in [6.07, 6.45) is 3.40. The van der Waals surface area contributed by atoms with Gasteiger partial charge >= 0.3 is 0 Å². The molecule has 1 amide bonds. The molecule has 0 aliphatic carbocycles. The number of likely N-dealkylation sites (tertiary alicyclic amines) is 1. The number of aromatic nitrogens is 3. The maximum absolute atomic E-state index is 12.5. The SMILES string of the molecule is CCn1c([C@@H]2CCN(C(=O)CC(C)(C)C)C2)nc2cccnc21. The highest BCUT2D eigenvalue weighted by molar-refractivity contribution is 5.77. The number of hydrogen-bond acceptors (Lipinski definition) is 3. The molecule has 5 nitrogen and oxygen atoms in total. The van der Waals surface area contributed by atoms with Crippen molar-refractivity contribution in [1.29, 1.82) is 0 Å². The Hall–Kier alpha value is -1.91. The highest BCUT2D eigenvalue weighted by Crippen LogP contribution is 2.30. The quantitative estimate of drug-likeness (QED) is 0.874. The first-order valence-corrected chi connectivity index (χ1v) is 8.48. The highest BCUT2D eigenvalue weighted by Gasteiger charge is 2.32. The topological polar surface area (TPSA) is 51.0 Å². The number of nitrogens with zero attached hydrogens (tertiary/aromatic N) is 4. The number of imidazole rings is 1. The molecule has 124 valence electrons. The Kier molecular flexibility index (Phi) is 4.13. The summed E-state index contributed by atoms with van der Waals surface area (Å²) >= 11 is 0. The van der Waals surface area contributed by atoms with Gasteiger partial charge in [-0.1, -0.05) is 20.8 Å². The summed E-state index contributed by atoms with van der Waals surface area (Å²) in [7, 11) is 0. The smallest absolute Gasteiger partial charge is 0.223 e. The monoisotopic (exact) mass is 314 g/mol. The van der Waals surface area contributed by atoms with E-state index in [4.69, 9.17) is 4.98 Å². The lowest BCUT2D eigenvalue weighted by Gasteiger charge is -2.23. The number of rotatable bonds is 3. The Labute approximate surface area is 137 Å². The van der Waals surface area contributed by atoms with Gasteiger partial charge in [0, 0.05) is 38.2 Å². The molecule has 23 heavy (non-hydrogen) atoms. The molecule has 0 aromatic carbocycles. The third-order valence-electron chi connectivity index (χ3n) is 4.44. The number of amides is 1. The van der Waals surface area contributed by atoms with E-state index >= 15 is 0 Å². The van der Waals surface area contributed by atoms with Crippen molar-refractivity contribution < 1.29 is 4.79 Å². The summed E-state index contributed by atoms with van der Waals surface area (Å²) in [5.41, 5.74) is 1.93. The lowest BCUT2D eigenvalue weighted by molar-refractivity contribution is -0.132. The van der Waals surface area contributed by atoms with Crippen LogP contribution in [0.5, 0.6) is 0 Å². The molecule has 0 N–H and O–H groups in total. The van der Waals surface area contributed by atoms with Crippen LogP contribution in [-0.2, 0) is 11.3 Å². The second-order valence-corrected chi connectivity index (χ2v) is 7.62. The molecule has 0 radical (unpaired) electrons. The van der Waals surface area contributed by atoms with Crippen molar-refractivity contribution >= 4 is 17.1 Å². The normalized spacial score (nSPS) is 18.8. The van der Waals surface area contributed by atoms with E-state index in [1.807, 2.05) is 23.2 Å². The third kappa shape index (κ3) is 3.23. The van der Waals surface area contributed by atoms with Crippen molar-refractivity contribution in [2.75, 3.05) is 13.1 Å². The van der Waals surface area contributed by atoms with Crippen LogP contribution in [0.1, 0.15) is 52.3 Å². The first kappa shape index (κ1) is 16.0. The molecule has 3 rings (SSSR count). The van der Waals surface area contributed by atoms with Gasteiger partial charge in [-0.2, -0.15) is 0 Å². The summed E-state index contributed by atoms with van der Waals surface area (Å²) in [5, 5.41) is 0. The zero-order valence-electron chi connectivity index (χ0n) is 14.5. The van der Waals surface area contributed by atoms with Crippen LogP contribution in [-0.4, -0.2) is 38.4 Å². The molecule has 1 fully saturated rings. The van der Waals surface area contributed by atoms with Crippen LogP contribution < -0.4 is 0 Å². The number of carbonyl (C=O) groups is 1. The van der Waals surface area contributed by atoms with Crippen LogP contribution in [0, 0.1) is 5.41 Å². The van der Waals surface area contributed by atoms with Gasteiger partial charge in [0.1, 0.15) is 11.3 Å². The molecule has 0 saturated carbocycles. The summed E-state index contributed by atoms with van der Waals surface area (Å²) in [4.78, 5) is 23.7. The van der Waals surface area contributed by atoms with Gasteiger partial charge in [0.15, 0.2) is 5.65 Å². The Morgan fingerprint density at radius 1 is 1.39 bits per heavy atom. The zero-order valence-corrected chi connectivity index (χ0v) is 14.5. The predicted molar refractivity (Wildman–Crippen MR) is 91.2 cm³/mol. The molecular weight excluding hydrogens is 288 g/mol. The molecular formula is C18H26N4O. The van der Waals surface area contributed by atoms with Gasteiger partial charge in [0.25, 0.3) is 0 Å². The molecule has 2 aromatic rings. The Bertz CT molecular complexity index is 713. The summed E-state index contributed by atoms with van der Waals surface area (Å²) in [6.45, 7) is 10.9. The number of hydrogen-bond donors (Lipinski definition) is 0. The van der Waals surface area contributed by atoms with Gasteiger partial charge in [0.05, 0.1) is 0 Å². The Morgan fingerprint density at radius 2 is 2.17 bits per heavy atom. The van der Waals surface area contributed by atoms with Crippen molar-refractivity contribution in [3.63, 3.8) is 0 Å². The number of fused-ring (bicyclic) bond motifs is 1. The van der Waals surface area contributed by atoms with Gasteiger partial charge in [-0.15, -0.1) is 0 Å². The minimum Gasteiger partial charge on any atom is -0.342 e. The minimum absolute atomic E-state index is 0.0374. The van der Waals surface area contributed by atoms with Crippen molar-refractivity contribution in [1.82, 2.24) is 19.4 Å². The maximum Gasteiger partial charge on any atom is 0.223 e. The van der Waals surface area contributed by atoms with E-state index in [0.29, 0.717) is 12.3 Å². The van der Waals surface area contributed by atoms with Crippen molar-refractivity contribution in [2.24, 2.45) is 5.41 Å². The first-order chi connectivity index (χ1) is 10.9. The van der Waals surface area contributed by atoms with E-state index in [-0.39, 0.29) is 11.3 Å². The van der Waals surface area contributed by atoms with Crippen LogP contribution in [0.2, 0.25) is 0 Å². The fraction of sp³-hybridized carbons (Fsp3) is 0.611. The Morgan fingerprint density at radius 3 is 2.87 bits per heavy atom. The summed E-state index contributed by atoms with van der Waals surface area (Å²) < 4.78 is 2.19. The van der Waals surface area contributed by atoms with Gasteiger partial charge in [-0.25, -0.2) is 9.97 Å². The largest absolute Gasteiger partial charge is 0.342 e. The van der Waals surface area contributed by atoms with Crippen molar-refractivity contribution in [3.8, 4) is 0 Å². The molecule has 1 saturated heterocycles. The maximum atomic E-state index is 12.5. The number of pyridine rings is 1. The van der Waals surface area contributed by atoms with E-state index in [1.54, 1.807) is 0 Å². The average Bonchev–Trinajstić information content (AvgIpc) is 3.09. The van der Waals surface area contributed by atoms with E-state index in [0.717, 1.165) is 43.0 Å². The summed E-state index contributed by atoms with van der Waals surface area (Å²) in [5.74, 6) is 1.65. The highest BCUT2D eigenvalue weighted by atomic mass is 16.2. The van der Waals surface area contributed by atoms with Crippen molar-refractivity contribution in [2.45, 2.75) is 53.0 Å². The molecule has 2 aromatic heterocycles. The van der Waals surface area contributed by atoms with Crippen LogP contribution in [0.4, 0.5) is 0 Å². The molecule has 0 bridgehead atoms. The lowest BCUT2D eigenvalue weighted by Crippen LogP contribution is -2.31. The average molecular weight is 314 g/mol. The molecule has 5 heteroatoms. The van der Waals surface area contributed by atoms with Crippen LogP contribution in [0.3, 0.4) is 0 Å². The van der Waals surface area contributed by atoms with Gasteiger partial charge in [-0.3, -0.25) is 4.79 Å². The van der Waals surface area contributed by atoms with E-state index < -0.39 is 0 Å². The van der Waals surface area contributed by atoms with E-state index in [2.05, 4.69) is 37.2 Å². The molecule has 0 spiro atoms. The second kappa shape index (κ2) is 5.95. The van der Waals surface area contributed by atoms with E-state index in [9.17, 15) is 4.79 Å². The zero-order chi connectivity index (χ0) is 16.6. The fourth-order valence-corrected chi connectivity index (χ4v) is 3.36. The number of carbonyl (C=O) groups excluding carboxylic acids is 1. The van der Waals surface area contributed by atoms with Gasteiger partial charge in [0.2, 0.25) is 5.91 Å². The van der Waals surface area contributed by atoms with Crippen LogP contribution >= 0.6 is 0 Å². The molecule has 0 unspecified atom stereocenters. The third-order valence-corrected chi connectivity index (χ3v) is 4.44. The summed E-state index contributed by atoms with van der Waals surface area (Å²) in [6, 6.07) is 3.93. The lowest BCUT2D eigenvalue weighted by atomic mass is 9.92. The van der Waals surface area contributed by atoms with Crippen molar-refractivity contribution in [3.05, 3.63) is 24.2 Å². The number of aryl methyl sites for hydroxylation is 1. The van der Waals surface area contributed by atoms with Crippen LogP contribution in [0.15, 0.2) is 18.3 Å². The Balaban J connectivity index is 1.80. The second-order valence-electron chi connectivity index (χ2n) is 7.62. The molecule has 3 heterocycles. The molecule has 1 aliphatic rings. The van der Waals surface area contributed by atoms with Crippen LogP contribution in [0.25, 0.3) is 11.2 Å². The first-order valence-electron chi connectivity index (χ1n) is 8.48. The fourth-order valence-electron chi connectivity index (χ4n) is 3.36. The van der Waals surface area contributed by atoms with Gasteiger partial charge < -0.3 is 9.47 Å².